The average Bonchev–Trinajstić information content (AvgIpc) is 2.35. The molecule has 0 bridgehead atoms. The SMILES string of the molecule is COc1ccc(OC)c(C(N)CN(C)CC(C)(C)C)c1. The van der Waals surface area contributed by atoms with Gasteiger partial charge >= 0.3 is 0 Å². The van der Waals surface area contributed by atoms with E-state index in [0.717, 1.165) is 30.2 Å². The molecular formula is C16H28N2O2. The molecule has 0 saturated heterocycles. The van der Waals surface area contributed by atoms with Crippen LogP contribution in [0.15, 0.2) is 18.2 Å². The highest BCUT2D eigenvalue weighted by Gasteiger charge is 2.18. The van der Waals surface area contributed by atoms with Gasteiger partial charge in [-0.15, -0.1) is 0 Å². The van der Waals surface area contributed by atoms with Gasteiger partial charge in [0.05, 0.1) is 14.2 Å². The molecule has 1 unspecified atom stereocenters. The van der Waals surface area contributed by atoms with Crippen molar-refractivity contribution in [2.75, 3.05) is 34.4 Å². The maximum absolute atomic E-state index is 6.34. The van der Waals surface area contributed by atoms with Crippen LogP contribution in [0, 0.1) is 5.41 Å². The Morgan fingerprint density at radius 3 is 2.35 bits per heavy atom. The summed E-state index contributed by atoms with van der Waals surface area (Å²) in [5, 5.41) is 0. The summed E-state index contributed by atoms with van der Waals surface area (Å²) in [6, 6.07) is 5.63. The van der Waals surface area contributed by atoms with Crippen molar-refractivity contribution in [2.45, 2.75) is 26.8 Å². The monoisotopic (exact) mass is 280 g/mol. The Hall–Kier alpha value is -1.26. The molecule has 114 valence electrons. The molecule has 0 radical (unpaired) electrons. The molecule has 1 rings (SSSR count). The zero-order valence-corrected chi connectivity index (χ0v) is 13.6. The van der Waals surface area contributed by atoms with Gasteiger partial charge < -0.3 is 20.1 Å². The highest BCUT2D eigenvalue weighted by atomic mass is 16.5. The van der Waals surface area contributed by atoms with Gasteiger partial charge in [0.2, 0.25) is 0 Å². The molecule has 1 atom stereocenters. The smallest absolute Gasteiger partial charge is 0.123 e. The van der Waals surface area contributed by atoms with Crippen LogP contribution in [0.2, 0.25) is 0 Å². The molecule has 2 N–H and O–H groups in total. The van der Waals surface area contributed by atoms with Gasteiger partial charge in [0.15, 0.2) is 0 Å². The van der Waals surface area contributed by atoms with Gasteiger partial charge in [-0.1, -0.05) is 20.8 Å². The van der Waals surface area contributed by atoms with E-state index < -0.39 is 0 Å². The summed E-state index contributed by atoms with van der Waals surface area (Å²) in [7, 11) is 5.41. The van der Waals surface area contributed by atoms with E-state index in [1.54, 1.807) is 14.2 Å². The number of hydrogen-bond donors (Lipinski definition) is 1. The van der Waals surface area contributed by atoms with Gasteiger partial charge in [-0.25, -0.2) is 0 Å². The van der Waals surface area contributed by atoms with E-state index in [-0.39, 0.29) is 11.5 Å². The van der Waals surface area contributed by atoms with Crippen molar-refractivity contribution < 1.29 is 9.47 Å². The first-order chi connectivity index (χ1) is 9.26. The van der Waals surface area contributed by atoms with E-state index in [2.05, 4.69) is 32.7 Å². The van der Waals surface area contributed by atoms with Crippen LogP contribution in [-0.2, 0) is 0 Å². The number of likely N-dealkylation sites (N-methyl/N-ethyl adjacent to an activating group) is 1. The maximum atomic E-state index is 6.34. The molecule has 0 aliphatic carbocycles. The summed E-state index contributed by atoms with van der Waals surface area (Å²) in [4.78, 5) is 2.25. The Bertz CT molecular complexity index is 427. The molecule has 0 heterocycles. The van der Waals surface area contributed by atoms with Gasteiger partial charge in [0.1, 0.15) is 11.5 Å². The van der Waals surface area contributed by atoms with Gasteiger partial charge in [0.25, 0.3) is 0 Å². The van der Waals surface area contributed by atoms with Crippen molar-refractivity contribution in [3.05, 3.63) is 23.8 Å². The molecule has 0 fully saturated rings. The number of benzene rings is 1. The first-order valence-electron chi connectivity index (χ1n) is 6.93. The first kappa shape index (κ1) is 16.8. The van der Waals surface area contributed by atoms with Crippen LogP contribution in [-0.4, -0.2) is 39.3 Å². The number of methoxy groups -OCH3 is 2. The molecule has 1 aromatic carbocycles. The van der Waals surface area contributed by atoms with Crippen molar-refractivity contribution in [1.29, 1.82) is 0 Å². The van der Waals surface area contributed by atoms with Crippen LogP contribution < -0.4 is 15.2 Å². The lowest BCUT2D eigenvalue weighted by Gasteiger charge is -2.29. The summed E-state index contributed by atoms with van der Waals surface area (Å²) >= 11 is 0. The third-order valence-corrected chi connectivity index (χ3v) is 3.09. The minimum absolute atomic E-state index is 0.104. The van der Waals surface area contributed by atoms with E-state index in [0.29, 0.717) is 0 Å². The van der Waals surface area contributed by atoms with E-state index in [1.165, 1.54) is 0 Å². The zero-order chi connectivity index (χ0) is 15.3. The lowest BCUT2D eigenvalue weighted by molar-refractivity contribution is 0.216. The van der Waals surface area contributed by atoms with Gasteiger partial charge in [-0.05, 0) is 30.7 Å². The molecule has 0 aliphatic heterocycles. The molecular weight excluding hydrogens is 252 g/mol. The molecule has 0 saturated carbocycles. The largest absolute Gasteiger partial charge is 0.497 e. The minimum atomic E-state index is -0.104. The summed E-state index contributed by atoms with van der Waals surface area (Å²) in [6.07, 6.45) is 0. The third-order valence-electron chi connectivity index (χ3n) is 3.09. The molecule has 1 aromatic rings. The predicted molar refractivity (Wildman–Crippen MR) is 83.4 cm³/mol. The lowest BCUT2D eigenvalue weighted by atomic mass is 9.95. The fourth-order valence-corrected chi connectivity index (χ4v) is 2.44. The maximum Gasteiger partial charge on any atom is 0.123 e. The fraction of sp³-hybridized carbons (Fsp3) is 0.625. The van der Waals surface area contributed by atoms with Crippen LogP contribution in [0.25, 0.3) is 0 Å². The molecule has 4 nitrogen and oxygen atoms in total. The van der Waals surface area contributed by atoms with Crippen LogP contribution in [0.4, 0.5) is 0 Å². The van der Waals surface area contributed by atoms with Crippen molar-refractivity contribution in [2.24, 2.45) is 11.1 Å². The first-order valence-corrected chi connectivity index (χ1v) is 6.93. The van der Waals surface area contributed by atoms with Gasteiger partial charge in [-0.2, -0.15) is 0 Å². The normalized spacial score (nSPS) is 13.4. The van der Waals surface area contributed by atoms with Crippen LogP contribution >= 0.6 is 0 Å². The van der Waals surface area contributed by atoms with Gasteiger partial charge in [-0.3, -0.25) is 0 Å². The molecule has 20 heavy (non-hydrogen) atoms. The van der Waals surface area contributed by atoms with E-state index in [4.69, 9.17) is 15.2 Å². The second-order valence-electron chi connectivity index (χ2n) is 6.47. The van der Waals surface area contributed by atoms with E-state index >= 15 is 0 Å². The van der Waals surface area contributed by atoms with Crippen molar-refractivity contribution in [3.63, 3.8) is 0 Å². The average molecular weight is 280 g/mol. The third kappa shape index (κ3) is 5.02. The summed E-state index contributed by atoms with van der Waals surface area (Å²) < 4.78 is 10.7. The van der Waals surface area contributed by atoms with Crippen molar-refractivity contribution in [1.82, 2.24) is 4.90 Å². The summed E-state index contributed by atoms with van der Waals surface area (Å²) in [6.45, 7) is 8.44. The molecule has 0 aliphatic rings. The Kier molecular flexibility index (Phi) is 5.84. The summed E-state index contributed by atoms with van der Waals surface area (Å²) in [5.74, 6) is 1.61. The van der Waals surface area contributed by atoms with Gasteiger partial charge in [0, 0.05) is 24.7 Å². The quantitative estimate of drug-likeness (QED) is 0.870. The minimum Gasteiger partial charge on any atom is -0.497 e. The predicted octanol–water partition coefficient (Wildman–Crippen LogP) is 2.68. The number of rotatable bonds is 6. The van der Waals surface area contributed by atoms with E-state index in [1.807, 2.05) is 18.2 Å². The fourth-order valence-electron chi connectivity index (χ4n) is 2.44. The Labute approximate surface area is 122 Å². The highest BCUT2D eigenvalue weighted by Crippen LogP contribution is 2.29. The second kappa shape index (κ2) is 6.95. The Balaban J connectivity index is 2.82. The van der Waals surface area contributed by atoms with Crippen LogP contribution in [0.5, 0.6) is 11.5 Å². The van der Waals surface area contributed by atoms with Crippen molar-refractivity contribution in [3.8, 4) is 11.5 Å². The van der Waals surface area contributed by atoms with Crippen LogP contribution in [0.3, 0.4) is 0 Å². The lowest BCUT2D eigenvalue weighted by Crippen LogP contribution is -2.35. The van der Waals surface area contributed by atoms with E-state index in [9.17, 15) is 0 Å². The molecule has 0 amide bonds. The van der Waals surface area contributed by atoms with Crippen molar-refractivity contribution >= 4 is 0 Å². The van der Waals surface area contributed by atoms with Crippen LogP contribution in [0.1, 0.15) is 32.4 Å². The Morgan fingerprint density at radius 2 is 1.85 bits per heavy atom. The number of nitrogens with two attached hydrogens (primary N) is 1. The number of nitrogens with zero attached hydrogens (tertiary/aromatic N) is 1. The number of ether oxygens (including phenoxy) is 2. The topological polar surface area (TPSA) is 47.7 Å². The molecule has 0 aromatic heterocycles. The summed E-state index contributed by atoms with van der Waals surface area (Å²) in [5.41, 5.74) is 7.57. The standard InChI is InChI=1S/C16H28N2O2/c1-16(2,3)11-18(4)10-14(17)13-9-12(19-5)7-8-15(13)20-6/h7-9,14H,10-11,17H2,1-6H3. The second-order valence-corrected chi connectivity index (χ2v) is 6.47. The zero-order valence-electron chi connectivity index (χ0n) is 13.6. The molecule has 4 heteroatoms. The molecule has 0 spiro atoms. The Morgan fingerprint density at radius 1 is 1.20 bits per heavy atom. The highest BCUT2D eigenvalue weighted by molar-refractivity contribution is 5.42. The number of hydrogen-bond acceptors (Lipinski definition) is 4.